The van der Waals surface area contributed by atoms with Gasteiger partial charge in [0.05, 0.1) is 14.4 Å². The number of thiophene rings is 1. The summed E-state index contributed by atoms with van der Waals surface area (Å²) in [4.78, 5) is 12.5. The standard InChI is InChI=1S/C12H11BrN2O3S2/c13-11-5-4-10(19-11)12(16)15-9-3-1-2-8(6-9)7-20(14,17)18/h1-6H,7H2,(H,15,16)(H2,14,17,18). The number of carbonyl (C=O) groups excluding carboxylic acids is 1. The molecule has 0 spiro atoms. The molecular weight excluding hydrogens is 364 g/mol. The minimum atomic E-state index is -3.59. The first kappa shape index (κ1) is 15.2. The highest BCUT2D eigenvalue weighted by Gasteiger charge is 2.10. The van der Waals surface area contributed by atoms with E-state index in [0.717, 1.165) is 3.79 Å². The Morgan fingerprint density at radius 3 is 2.65 bits per heavy atom. The Bertz CT molecular complexity index is 741. The van der Waals surface area contributed by atoms with Crippen LogP contribution in [0.3, 0.4) is 0 Å². The number of carbonyl (C=O) groups is 1. The summed E-state index contributed by atoms with van der Waals surface area (Å²) in [7, 11) is -3.59. The maximum atomic E-state index is 12.0. The van der Waals surface area contributed by atoms with Crippen molar-refractivity contribution >= 4 is 48.9 Å². The monoisotopic (exact) mass is 374 g/mol. The molecule has 0 atom stereocenters. The largest absolute Gasteiger partial charge is 0.321 e. The number of hydrogen-bond acceptors (Lipinski definition) is 4. The van der Waals surface area contributed by atoms with E-state index in [4.69, 9.17) is 5.14 Å². The number of anilines is 1. The Kier molecular flexibility index (Phi) is 4.59. The van der Waals surface area contributed by atoms with Gasteiger partial charge in [0.15, 0.2) is 0 Å². The highest BCUT2D eigenvalue weighted by Crippen LogP contribution is 2.23. The van der Waals surface area contributed by atoms with Gasteiger partial charge >= 0.3 is 0 Å². The zero-order valence-corrected chi connectivity index (χ0v) is 13.4. The van der Waals surface area contributed by atoms with E-state index >= 15 is 0 Å². The van der Waals surface area contributed by atoms with E-state index in [1.54, 1.807) is 36.4 Å². The molecule has 2 rings (SSSR count). The van der Waals surface area contributed by atoms with Crippen molar-refractivity contribution in [1.82, 2.24) is 0 Å². The topological polar surface area (TPSA) is 89.3 Å². The average molecular weight is 375 g/mol. The third-order valence-corrected chi connectivity index (χ3v) is 4.71. The molecule has 0 radical (unpaired) electrons. The summed E-state index contributed by atoms with van der Waals surface area (Å²) in [5, 5.41) is 7.71. The first-order valence-electron chi connectivity index (χ1n) is 5.49. The van der Waals surface area contributed by atoms with E-state index in [1.807, 2.05) is 0 Å². The zero-order chi connectivity index (χ0) is 14.8. The number of primary sulfonamides is 1. The van der Waals surface area contributed by atoms with Gasteiger partial charge < -0.3 is 5.32 Å². The molecule has 0 aliphatic carbocycles. The fraction of sp³-hybridized carbons (Fsp3) is 0.0833. The molecule has 0 saturated heterocycles. The molecule has 0 aliphatic heterocycles. The first-order valence-corrected chi connectivity index (χ1v) is 8.82. The lowest BCUT2D eigenvalue weighted by atomic mass is 10.2. The summed E-state index contributed by atoms with van der Waals surface area (Å²) >= 11 is 4.61. The normalized spacial score (nSPS) is 11.3. The van der Waals surface area contributed by atoms with E-state index in [0.29, 0.717) is 16.1 Å². The number of rotatable bonds is 4. The van der Waals surface area contributed by atoms with Crippen molar-refractivity contribution in [3.05, 3.63) is 50.6 Å². The van der Waals surface area contributed by atoms with Gasteiger partial charge in [0.25, 0.3) is 5.91 Å². The van der Waals surface area contributed by atoms with Crippen LogP contribution in [0.25, 0.3) is 0 Å². The van der Waals surface area contributed by atoms with Gasteiger partial charge in [0.1, 0.15) is 0 Å². The van der Waals surface area contributed by atoms with E-state index in [9.17, 15) is 13.2 Å². The van der Waals surface area contributed by atoms with E-state index in [2.05, 4.69) is 21.2 Å². The predicted octanol–water partition coefficient (Wildman–Crippen LogP) is 2.55. The lowest BCUT2D eigenvalue weighted by molar-refractivity contribution is 0.103. The summed E-state index contributed by atoms with van der Waals surface area (Å²) in [6.07, 6.45) is 0. The van der Waals surface area contributed by atoms with E-state index < -0.39 is 10.0 Å². The van der Waals surface area contributed by atoms with Crippen LogP contribution in [0, 0.1) is 0 Å². The first-order chi connectivity index (χ1) is 9.33. The van der Waals surface area contributed by atoms with Crippen molar-refractivity contribution < 1.29 is 13.2 Å². The van der Waals surface area contributed by atoms with Crippen LogP contribution in [0.4, 0.5) is 5.69 Å². The number of nitrogens with two attached hydrogens (primary N) is 1. The lowest BCUT2D eigenvalue weighted by Crippen LogP contribution is -2.15. The Morgan fingerprint density at radius 1 is 1.30 bits per heavy atom. The third kappa shape index (κ3) is 4.41. The van der Waals surface area contributed by atoms with Crippen LogP contribution in [-0.2, 0) is 15.8 Å². The molecule has 0 bridgehead atoms. The molecule has 0 aliphatic rings. The molecule has 3 N–H and O–H groups in total. The van der Waals surface area contributed by atoms with Crippen LogP contribution in [0.5, 0.6) is 0 Å². The Hall–Kier alpha value is -1.22. The highest BCUT2D eigenvalue weighted by molar-refractivity contribution is 9.11. The molecule has 1 heterocycles. The molecular formula is C12H11BrN2O3S2. The number of halogens is 1. The maximum Gasteiger partial charge on any atom is 0.265 e. The highest BCUT2D eigenvalue weighted by atomic mass is 79.9. The molecule has 1 aromatic heterocycles. The molecule has 1 aromatic carbocycles. The van der Waals surface area contributed by atoms with Crippen molar-refractivity contribution in [2.24, 2.45) is 5.14 Å². The van der Waals surface area contributed by atoms with Gasteiger partial charge in [0.2, 0.25) is 10.0 Å². The minimum Gasteiger partial charge on any atom is -0.321 e. The smallest absolute Gasteiger partial charge is 0.265 e. The third-order valence-electron chi connectivity index (χ3n) is 2.35. The number of nitrogens with one attached hydrogen (secondary N) is 1. The van der Waals surface area contributed by atoms with Crippen LogP contribution in [-0.4, -0.2) is 14.3 Å². The molecule has 5 nitrogen and oxygen atoms in total. The van der Waals surface area contributed by atoms with Gasteiger partial charge in [-0.25, -0.2) is 13.6 Å². The van der Waals surface area contributed by atoms with Gasteiger partial charge in [-0.2, -0.15) is 0 Å². The Balaban J connectivity index is 2.14. The van der Waals surface area contributed by atoms with Gasteiger partial charge in [0, 0.05) is 5.69 Å². The van der Waals surface area contributed by atoms with Crippen molar-refractivity contribution in [1.29, 1.82) is 0 Å². The van der Waals surface area contributed by atoms with Crippen LogP contribution >= 0.6 is 27.3 Å². The fourth-order valence-electron chi connectivity index (χ4n) is 1.60. The van der Waals surface area contributed by atoms with Gasteiger partial charge in [-0.1, -0.05) is 12.1 Å². The molecule has 0 saturated carbocycles. The van der Waals surface area contributed by atoms with Gasteiger partial charge in [-0.15, -0.1) is 11.3 Å². The number of sulfonamides is 1. The Morgan fingerprint density at radius 2 is 2.05 bits per heavy atom. The van der Waals surface area contributed by atoms with Crippen molar-refractivity contribution in [3.8, 4) is 0 Å². The minimum absolute atomic E-state index is 0.242. The SMILES string of the molecule is NS(=O)(=O)Cc1cccc(NC(=O)c2ccc(Br)s2)c1. The molecule has 2 aromatic rings. The van der Waals surface area contributed by atoms with Gasteiger partial charge in [-0.3, -0.25) is 4.79 Å². The van der Waals surface area contributed by atoms with E-state index in [-0.39, 0.29) is 11.7 Å². The molecule has 8 heteroatoms. The lowest BCUT2D eigenvalue weighted by Gasteiger charge is -2.06. The summed E-state index contributed by atoms with van der Waals surface area (Å²) in [5.74, 6) is -0.505. The van der Waals surface area contributed by atoms with Crippen LogP contribution in [0.15, 0.2) is 40.2 Å². The quantitative estimate of drug-likeness (QED) is 0.861. The van der Waals surface area contributed by atoms with Crippen molar-refractivity contribution in [2.75, 3.05) is 5.32 Å². The summed E-state index contributed by atoms with van der Waals surface area (Å²) in [5.41, 5.74) is 1.05. The molecule has 0 unspecified atom stereocenters. The van der Waals surface area contributed by atoms with Crippen molar-refractivity contribution in [2.45, 2.75) is 5.75 Å². The molecule has 1 amide bonds. The fourth-order valence-corrected chi connectivity index (χ4v) is 3.53. The summed E-state index contributed by atoms with van der Waals surface area (Å²) < 4.78 is 23.0. The molecule has 20 heavy (non-hydrogen) atoms. The van der Waals surface area contributed by atoms with Crippen LogP contribution in [0.2, 0.25) is 0 Å². The van der Waals surface area contributed by atoms with E-state index in [1.165, 1.54) is 11.3 Å². The van der Waals surface area contributed by atoms with Gasteiger partial charge in [-0.05, 0) is 45.8 Å². The predicted molar refractivity (Wildman–Crippen MR) is 83.2 cm³/mol. The number of benzene rings is 1. The molecule has 106 valence electrons. The second kappa shape index (κ2) is 6.04. The number of amides is 1. The van der Waals surface area contributed by atoms with Crippen LogP contribution < -0.4 is 10.5 Å². The Labute approximate surface area is 129 Å². The number of hydrogen-bond donors (Lipinski definition) is 2. The zero-order valence-electron chi connectivity index (χ0n) is 10.2. The molecule has 0 fully saturated rings. The second-order valence-electron chi connectivity index (χ2n) is 4.07. The average Bonchev–Trinajstić information content (AvgIpc) is 2.74. The van der Waals surface area contributed by atoms with Crippen LogP contribution in [0.1, 0.15) is 15.2 Å². The summed E-state index contributed by atoms with van der Waals surface area (Å²) in [6, 6.07) is 10.1. The summed E-state index contributed by atoms with van der Waals surface area (Å²) in [6.45, 7) is 0. The van der Waals surface area contributed by atoms with Crippen molar-refractivity contribution in [3.63, 3.8) is 0 Å². The second-order valence-corrected chi connectivity index (χ2v) is 8.14. The maximum absolute atomic E-state index is 12.0.